The Morgan fingerprint density at radius 1 is 1.07 bits per heavy atom. The molecule has 2 aromatic carbocycles. The highest BCUT2D eigenvalue weighted by atomic mass is 19.4. The fourth-order valence-corrected chi connectivity index (χ4v) is 4.72. The summed E-state index contributed by atoms with van der Waals surface area (Å²) in [6, 6.07) is 12.2. The number of carbonyl (C=O) groups is 1. The molecule has 5 rings (SSSR count). The van der Waals surface area contributed by atoms with Crippen LogP contribution in [0.1, 0.15) is 45.6 Å². The monoisotopic (exact) mass is 580 g/mol. The first kappa shape index (κ1) is 29.0. The zero-order chi connectivity index (χ0) is 30.1. The quantitative estimate of drug-likeness (QED) is 0.179. The Bertz CT molecular complexity index is 1610. The van der Waals surface area contributed by atoms with Crippen molar-refractivity contribution in [1.29, 1.82) is 0 Å². The summed E-state index contributed by atoms with van der Waals surface area (Å²) in [7, 11) is 1.75. The Kier molecular flexibility index (Phi) is 7.89. The minimum Gasteiger partial charge on any atom is -0.395 e. The van der Waals surface area contributed by atoms with E-state index in [4.69, 9.17) is 0 Å². The van der Waals surface area contributed by atoms with Crippen molar-refractivity contribution < 1.29 is 23.1 Å². The summed E-state index contributed by atoms with van der Waals surface area (Å²) in [6.07, 6.45) is -1.97. The number of halogens is 3. The molecule has 220 valence electrons. The summed E-state index contributed by atoms with van der Waals surface area (Å²) in [5, 5.41) is 25.9. The molecule has 13 heteroatoms. The van der Waals surface area contributed by atoms with Gasteiger partial charge in [0.25, 0.3) is 5.91 Å². The number of anilines is 4. The molecule has 0 unspecified atom stereocenters. The van der Waals surface area contributed by atoms with Crippen molar-refractivity contribution >= 4 is 28.9 Å². The molecule has 0 bridgehead atoms. The van der Waals surface area contributed by atoms with Gasteiger partial charge in [0.05, 0.1) is 17.9 Å². The molecule has 1 aliphatic carbocycles. The van der Waals surface area contributed by atoms with E-state index in [0.717, 1.165) is 23.4 Å². The minimum atomic E-state index is -4.63. The lowest BCUT2D eigenvalue weighted by Gasteiger charge is -2.20. The highest BCUT2D eigenvalue weighted by Crippen LogP contribution is 2.47. The van der Waals surface area contributed by atoms with Crippen molar-refractivity contribution in [3.8, 4) is 5.82 Å². The van der Waals surface area contributed by atoms with Crippen molar-refractivity contribution in [2.24, 2.45) is 0 Å². The van der Waals surface area contributed by atoms with Crippen LogP contribution in [0.2, 0.25) is 0 Å². The van der Waals surface area contributed by atoms with Crippen LogP contribution in [0.15, 0.2) is 54.9 Å². The van der Waals surface area contributed by atoms with Crippen LogP contribution in [0.25, 0.3) is 5.82 Å². The second kappa shape index (κ2) is 11.4. The van der Waals surface area contributed by atoms with Gasteiger partial charge in [-0.1, -0.05) is 6.07 Å². The van der Waals surface area contributed by atoms with Crippen LogP contribution in [-0.2, 0) is 11.7 Å². The van der Waals surface area contributed by atoms with E-state index in [-0.39, 0.29) is 18.7 Å². The van der Waals surface area contributed by atoms with E-state index >= 15 is 0 Å². The number of nitrogens with one attached hydrogen (secondary N) is 4. The number of hydrogen-bond donors (Lipinski definition) is 5. The van der Waals surface area contributed by atoms with Gasteiger partial charge in [0.15, 0.2) is 5.82 Å². The van der Waals surface area contributed by atoms with E-state index in [9.17, 15) is 23.1 Å². The largest absolute Gasteiger partial charge is 0.416 e. The number of carbonyl (C=O) groups excluding carboxylic acids is 1. The van der Waals surface area contributed by atoms with Gasteiger partial charge in [-0.15, -0.1) is 0 Å². The topological polar surface area (TPSA) is 129 Å². The summed E-state index contributed by atoms with van der Waals surface area (Å²) >= 11 is 0. The molecule has 1 saturated carbocycles. The average molecular weight is 581 g/mol. The summed E-state index contributed by atoms with van der Waals surface area (Å²) in [5.41, 5.74) is 1.35. The smallest absolute Gasteiger partial charge is 0.395 e. The Hall–Kier alpha value is -4.49. The van der Waals surface area contributed by atoms with Gasteiger partial charge in [-0.25, -0.2) is 9.97 Å². The summed E-state index contributed by atoms with van der Waals surface area (Å²) in [5.74, 6) is 1.10. The lowest BCUT2D eigenvalue weighted by molar-refractivity contribution is -0.137. The van der Waals surface area contributed by atoms with Gasteiger partial charge in [-0.3, -0.25) is 4.79 Å². The predicted octanol–water partition coefficient (Wildman–Crippen LogP) is 4.91. The van der Waals surface area contributed by atoms with Gasteiger partial charge in [-0.05, 0) is 68.1 Å². The third-order valence-corrected chi connectivity index (χ3v) is 7.12. The molecule has 1 aliphatic rings. The number of aliphatic hydroxyl groups excluding tert-OH is 1. The predicted molar refractivity (Wildman–Crippen MR) is 153 cm³/mol. The number of rotatable bonds is 10. The number of hydrogen-bond acceptors (Lipinski definition) is 8. The zero-order valence-electron chi connectivity index (χ0n) is 23.3. The molecule has 1 amide bonds. The van der Waals surface area contributed by atoms with Crippen molar-refractivity contribution in [1.82, 2.24) is 25.1 Å². The number of alkyl halides is 3. The first-order valence-corrected chi connectivity index (χ1v) is 13.4. The lowest BCUT2D eigenvalue weighted by Crippen LogP contribution is -2.32. The molecule has 10 nitrogen and oxygen atoms in total. The maximum atomic E-state index is 13.8. The molecule has 5 N–H and O–H groups in total. The van der Waals surface area contributed by atoms with E-state index < -0.39 is 23.2 Å². The fraction of sp³-hybridized carbons (Fsp3) is 0.310. The molecule has 0 atom stereocenters. The van der Waals surface area contributed by atoms with Gasteiger partial charge < -0.3 is 26.4 Å². The van der Waals surface area contributed by atoms with Gasteiger partial charge >= 0.3 is 6.18 Å². The molecular formula is C29H31F3N8O2. The maximum Gasteiger partial charge on any atom is 0.416 e. The minimum absolute atomic E-state index is 0.107. The van der Waals surface area contributed by atoms with Crippen LogP contribution >= 0.6 is 0 Å². The van der Waals surface area contributed by atoms with E-state index in [1.54, 1.807) is 36.0 Å². The third-order valence-electron chi connectivity index (χ3n) is 7.12. The normalized spacial score (nSPS) is 14.0. The molecule has 2 aromatic heterocycles. The zero-order valence-corrected chi connectivity index (χ0v) is 23.3. The van der Waals surface area contributed by atoms with Gasteiger partial charge in [0.2, 0.25) is 0 Å². The molecule has 42 heavy (non-hydrogen) atoms. The molecule has 2 heterocycles. The number of aromatic nitrogens is 4. The second-order valence-corrected chi connectivity index (χ2v) is 10.2. The first-order valence-electron chi connectivity index (χ1n) is 13.4. The van der Waals surface area contributed by atoms with Crippen molar-refractivity contribution in [2.75, 3.05) is 36.1 Å². The molecule has 0 aliphatic heterocycles. The van der Waals surface area contributed by atoms with Gasteiger partial charge in [0.1, 0.15) is 18.0 Å². The van der Waals surface area contributed by atoms with Crippen molar-refractivity contribution in [3.63, 3.8) is 0 Å². The van der Waals surface area contributed by atoms with E-state index in [0.29, 0.717) is 47.2 Å². The second-order valence-electron chi connectivity index (χ2n) is 10.2. The Morgan fingerprint density at radius 2 is 1.86 bits per heavy atom. The van der Waals surface area contributed by atoms with Gasteiger partial charge in [-0.2, -0.15) is 23.0 Å². The molecule has 4 aromatic rings. The molecular weight excluding hydrogens is 549 g/mol. The number of benzene rings is 2. The van der Waals surface area contributed by atoms with Crippen LogP contribution in [0.4, 0.5) is 36.2 Å². The van der Waals surface area contributed by atoms with E-state index in [2.05, 4.69) is 36.3 Å². The van der Waals surface area contributed by atoms with Crippen LogP contribution in [0, 0.1) is 13.8 Å². The number of amides is 1. The standard InChI is InChI=1S/C29H31F3N8O2/c1-17-4-5-22(14-23(17)38-26-10-18(2)39-40(26)25-15-24(33-3)34-16-35-25)37-27(42)19-11-20(13-21(12-19)29(30,31)32)28(6-7-28)36-8-9-41/h4-5,10-16,36,38,41H,6-9H2,1-3H3,(H,37,42)(H,33,34,35). The third kappa shape index (κ3) is 6.21. The number of aliphatic hydroxyl groups is 1. The molecule has 1 fully saturated rings. The highest BCUT2D eigenvalue weighted by Gasteiger charge is 2.45. The van der Waals surface area contributed by atoms with Gasteiger partial charge in [0, 0.05) is 48.2 Å². The average Bonchev–Trinajstić information content (AvgIpc) is 3.68. The number of aryl methyl sites for hydroxylation is 2. The van der Waals surface area contributed by atoms with Crippen molar-refractivity contribution in [3.05, 3.63) is 82.8 Å². The Morgan fingerprint density at radius 3 is 2.55 bits per heavy atom. The SMILES string of the molecule is CNc1cc(-n2nc(C)cc2Nc2cc(NC(=O)c3cc(C(F)(F)F)cc(C4(NCCO)CC4)c3)ccc2C)ncn1. The highest BCUT2D eigenvalue weighted by molar-refractivity contribution is 6.05. The first-order chi connectivity index (χ1) is 20.0. The molecule has 0 spiro atoms. The molecule has 0 radical (unpaired) electrons. The maximum absolute atomic E-state index is 13.8. The lowest BCUT2D eigenvalue weighted by atomic mass is 9.97. The summed E-state index contributed by atoms with van der Waals surface area (Å²) < 4.78 is 43.0. The summed E-state index contributed by atoms with van der Waals surface area (Å²) in [6.45, 7) is 3.83. The Balaban J connectivity index is 1.42. The number of nitrogens with zero attached hydrogens (tertiary/aromatic N) is 4. The van der Waals surface area contributed by atoms with Crippen LogP contribution < -0.4 is 21.3 Å². The van der Waals surface area contributed by atoms with Crippen LogP contribution in [0.5, 0.6) is 0 Å². The van der Waals surface area contributed by atoms with E-state index in [1.165, 1.54) is 12.4 Å². The fourth-order valence-electron chi connectivity index (χ4n) is 4.72. The molecule has 0 saturated heterocycles. The van der Waals surface area contributed by atoms with Crippen LogP contribution in [-0.4, -0.2) is 51.0 Å². The van der Waals surface area contributed by atoms with Crippen molar-refractivity contribution in [2.45, 2.75) is 38.4 Å². The summed E-state index contributed by atoms with van der Waals surface area (Å²) in [4.78, 5) is 21.7. The van der Waals surface area contributed by atoms with Crippen LogP contribution in [0.3, 0.4) is 0 Å². The van der Waals surface area contributed by atoms with E-state index in [1.807, 2.05) is 19.9 Å². The Labute approximate surface area is 240 Å².